The van der Waals surface area contributed by atoms with Crippen molar-refractivity contribution in [2.45, 2.75) is 20.1 Å². The number of rotatable bonds is 8. The van der Waals surface area contributed by atoms with Gasteiger partial charge in [-0.25, -0.2) is 9.80 Å². The zero-order valence-corrected chi connectivity index (χ0v) is 17.2. The first kappa shape index (κ1) is 19.8. The molecule has 7 heteroatoms. The Bertz CT molecular complexity index is 829. The molecule has 1 radical (unpaired) electrons. The van der Waals surface area contributed by atoms with Crippen molar-refractivity contribution in [3.63, 3.8) is 0 Å². The van der Waals surface area contributed by atoms with Gasteiger partial charge in [-0.2, -0.15) is 0 Å². The van der Waals surface area contributed by atoms with Crippen molar-refractivity contribution >= 4 is 33.7 Å². The van der Waals surface area contributed by atoms with Crippen LogP contribution in [0, 0.1) is 5.88 Å². The Morgan fingerprint density at radius 2 is 2.04 bits per heavy atom. The van der Waals surface area contributed by atoms with E-state index in [9.17, 15) is 4.79 Å². The molecule has 0 saturated carbocycles. The van der Waals surface area contributed by atoms with Crippen molar-refractivity contribution in [2.75, 3.05) is 6.54 Å². The highest BCUT2D eigenvalue weighted by Crippen LogP contribution is 2.32. The quantitative estimate of drug-likeness (QED) is 0.623. The molecule has 27 heavy (non-hydrogen) atoms. The second kappa shape index (κ2) is 9.30. The zero-order valence-electron chi connectivity index (χ0n) is 14.8. The summed E-state index contributed by atoms with van der Waals surface area (Å²) in [5.74, 6) is 1.70. The molecule has 3 rings (SSSR count). The normalized spacial score (nSPS) is 13.7. The number of nitrogens with zero attached hydrogens (tertiary/aromatic N) is 2. The Balaban J connectivity index is 1.74. The number of thioether (sulfide) groups is 1. The van der Waals surface area contributed by atoms with Crippen molar-refractivity contribution in [3.05, 3.63) is 81.1 Å². The van der Waals surface area contributed by atoms with E-state index in [2.05, 4.69) is 20.9 Å². The fourth-order valence-corrected chi connectivity index (χ4v) is 3.74. The predicted molar refractivity (Wildman–Crippen MR) is 110 cm³/mol. The summed E-state index contributed by atoms with van der Waals surface area (Å²) in [6.45, 7) is 3.86. The number of benzene rings is 2. The molecular weight excluding hydrogens is 428 g/mol. The average Bonchev–Trinajstić information content (AvgIpc) is 3.16. The van der Waals surface area contributed by atoms with Crippen LogP contribution in [0.3, 0.4) is 0 Å². The highest BCUT2D eigenvalue weighted by atomic mass is 79.9. The summed E-state index contributed by atoms with van der Waals surface area (Å²) >= 11 is 4.74. The number of carboxylic acid groups (broad SMARTS) is 1. The number of hydrogen-bond acceptors (Lipinski definition) is 5. The van der Waals surface area contributed by atoms with Crippen LogP contribution in [0.2, 0.25) is 0 Å². The lowest BCUT2D eigenvalue weighted by molar-refractivity contribution is -0.131. The molecule has 2 aromatic carbocycles. The minimum Gasteiger partial charge on any atom is -0.489 e. The van der Waals surface area contributed by atoms with Gasteiger partial charge in [-0.1, -0.05) is 64.9 Å². The van der Waals surface area contributed by atoms with Crippen LogP contribution in [0.1, 0.15) is 18.1 Å². The van der Waals surface area contributed by atoms with E-state index in [4.69, 9.17) is 9.84 Å². The molecule has 2 aromatic rings. The van der Waals surface area contributed by atoms with Crippen LogP contribution in [-0.4, -0.2) is 27.6 Å². The maximum Gasteiger partial charge on any atom is 0.343 e. The lowest BCUT2D eigenvalue weighted by atomic mass is 10.2. The largest absolute Gasteiger partial charge is 0.489 e. The molecule has 0 saturated heterocycles. The standard InChI is InChI=1S/C20H20BrN2O3S/c1-2-22(23-12-19(20(24)25)27-14-23)11-16-10-17(21)8-9-18(16)26-13-15-6-4-3-5-7-15/h3-10,12,14H,2,11,13H2,1H3,(H,24,25). The van der Waals surface area contributed by atoms with E-state index in [0.29, 0.717) is 18.1 Å². The summed E-state index contributed by atoms with van der Waals surface area (Å²) in [6.07, 6.45) is 1.64. The first-order chi connectivity index (χ1) is 13.1. The van der Waals surface area contributed by atoms with E-state index < -0.39 is 5.97 Å². The highest BCUT2D eigenvalue weighted by Gasteiger charge is 2.24. The average molecular weight is 448 g/mol. The number of aliphatic carboxylic acids is 1. The molecule has 0 aromatic heterocycles. The number of halogens is 1. The fourth-order valence-electron chi connectivity index (χ4n) is 2.65. The monoisotopic (exact) mass is 447 g/mol. The van der Waals surface area contributed by atoms with Gasteiger partial charge in [0.1, 0.15) is 23.1 Å². The summed E-state index contributed by atoms with van der Waals surface area (Å²) in [7, 11) is 0. The van der Waals surface area contributed by atoms with E-state index in [1.165, 1.54) is 11.8 Å². The van der Waals surface area contributed by atoms with Gasteiger partial charge in [-0.3, -0.25) is 5.01 Å². The van der Waals surface area contributed by atoms with Crippen LogP contribution in [0.4, 0.5) is 0 Å². The number of hydrogen-bond donors (Lipinski definition) is 1. The maximum absolute atomic E-state index is 11.2. The van der Waals surface area contributed by atoms with E-state index >= 15 is 0 Å². The molecule has 1 heterocycles. The van der Waals surface area contributed by atoms with Crippen LogP contribution in [0.15, 0.2) is 64.1 Å². The SMILES string of the molecule is CCN(Cc1cc(Br)ccc1OCc1ccccc1)N1[CH]SC(C(=O)O)=C1. The molecule has 0 atom stereocenters. The van der Waals surface area contributed by atoms with Crippen LogP contribution in [0.5, 0.6) is 5.75 Å². The number of carbonyl (C=O) groups is 1. The Morgan fingerprint density at radius 3 is 2.70 bits per heavy atom. The first-order valence-electron chi connectivity index (χ1n) is 8.50. The van der Waals surface area contributed by atoms with Gasteiger partial charge in [0, 0.05) is 29.3 Å². The minimum absolute atomic E-state index is 0.309. The van der Waals surface area contributed by atoms with Crippen molar-refractivity contribution in [3.8, 4) is 5.75 Å². The Morgan fingerprint density at radius 1 is 1.26 bits per heavy atom. The van der Waals surface area contributed by atoms with Crippen LogP contribution >= 0.6 is 27.7 Å². The topological polar surface area (TPSA) is 53.0 Å². The van der Waals surface area contributed by atoms with Crippen molar-refractivity contribution in [1.82, 2.24) is 10.0 Å². The van der Waals surface area contributed by atoms with Gasteiger partial charge in [-0.05, 0) is 23.8 Å². The summed E-state index contributed by atoms with van der Waals surface area (Å²) in [5.41, 5.74) is 2.13. The molecular formula is C20H20BrN2O3S. The van der Waals surface area contributed by atoms with Crippen LogP contribution in [-0.2, 0) is 17.9 Å². The Kier molecular flexibility index (Phi) is 6.82. The van der Waals surface area contributed by atoms with Gasteiger partial charge < -0.3 is 9.84 Å². The third-order valence-electron chi connectivity index (χ3n) is 4.05. The van der Waals surface area contributed by atoms with Gasteiger partial charge in [0.05, 0.1) is 0 Å². The van der Waals surface area contributed by atoms with E-state index in [1.807, 2.05) is 60.5 Å². The van der Waals surface area contributed by atoms with Gasteiger partial charge in [0.2, 0.25) is 0 Å². The Labute approximate surface area is 171 Å². The molecule has 1 aliphatic heterocycles. The lowest BCUT2D eigenvalue weighted by Gasteiger charge is -2.30. The second-order valence-electron chi connectivity index (χ2n) is 5.91. The molecule has 0 aliphatic carbocycles. The predicted octanol–water partition coefficient (Wildman–Crippen LogP) is 4.86. The molecule has 0 amide bonds. The smallest absolute Gasteiger partial charge is 0.343 e. The van der Waals surface area contributed by atoms with Gasteiger partial charge >= 0.3 is 5.97 Å². The molecule has 141 valence electrons. The molecule has 0 spiro atoms. The lowest BCUT2D eigenvalue weighted by Crippen LogP contribution is -2.35. The third kappa shape index (κ3) is 5.28. The number of ether oxygens (including phenoxy) is 1. The fraction of sp³-hybridized carbons (Fsp3) is 0.200. The molecule has 5 nitrogen and oxygen atoms in total. The van der Waals surface area contributed by atoms with E-state index in [0.717, 1.165) is 27.9 Å². The number of hydrazine groups is 1. The van der Waals surface area contributed by atoms with Crippen LogP contribution in [0.25, 0.3) is 0 Å². The summed E-state index contributed by atoms with van der Waals surface area (Å²) in [6, 6.07) is 16.0. The van der Waals surface area contributed by atoms with E-state index in [1.54, 1.807) is 12.1 Å². The minimum atomic E-state index is -0.913. The van der Waals surface area contributed by atoms with Crippen molar-refractivity contribution in [2.24, 2.45) is 0 Å². The van der Waals surface area contributed by atoms with E-state index in [-0.39, 0.29) is 0 Å². The van der Waals surface area contributed by atoms with Gasteiger partial charge in [0.25, 0.3) is 0 Å². The molecule has 0 fully saturated rings. The van der Waals surface area contributed by atoms with Gasteiger partial charge in [0.15, 0.2) is 0 Å². The van der Waals surface area contributed by atoms with Gasteiger partial charge in [-0.15, -0.1) is 0 Å². The van der Waals surface area contributed by atoms with Crippen molar-refractivity contribution < 1.29 is 14.6 Å². The van der Waals surface area contributed by atoms with Crippen LogP contribution < -0.4 is 4.74 Å². The molecule has 0 bridgehead atoms. The summed E-state index contributed by atoms with van der Waals surface area (Å²) in [4.78, 5) is 11.5. The molecule has 0 unspecified atom stereocenters. The second-order valence-corrected chi connectivity index (χ2v) is 7.71. The zero-order chi connectivity index (χ0) is 19.2. The first-order valence-corrected chi connectivity index (χ1v) is 10.2. The highest BCUT2D eigenvalue weighted by molar-refractivity contribution is 9.10. The summed E-state index contributed by atoms with van der Waals surface area (Å²) < 4.78 is 7.03. The maximum atomic E-state index is 11.2. The molecule has 1 aliphatic rings. The third-order valence-corrected chi connectivity index (χ3v) is 5.40. The molecule has 1 N–H and O–H groups in total. The summed E-state index contributed by atoms with van der Waals surface area (Å²) in [5, 5.41) is 13.0. The Hall–Kier alpha value is -1.96. The van der Waals surface area contributed by atoms with Crippen molar-refractivity contribution in [1.29, 1.82) is 0 Å². The number of carboxylic acids is 1.